The van der Waals surface area contributed by atoms with Crippen molar-refractivity contribution in [1.29, 1.82) is 5.26 Å². The van der Waals surface area contributed by atoms with Crippen molar-refractivity contribution in [3.05, 3.63) is 18.1 Å². The molecule has 0 saturated heterocycles. The fourth-order valence-electron chi connectivity index (χ4n) is 1.07. The predicted octanol–water partition coefficient (Wildman–Crippen LogP) is 0.713. The second-order valence-corrected chi connectivity index (χ2v) is 2.85. The normalized spacial score (nSPS) is 9.25. The molecule has 0 unspecified atom stereocenters. The molecule has 1 heterocycles. The van der Waals surface area contributed by atoms with E-state index in [0.717, 1.165) is 0 Å². The molecule has 0 aliphatic heterocycles. The van der Waals surface area contributed by atoms with E-state index in [2.05, 4.69) is 15.3 Å². The van der Waals surface area contributed by atoms with E-state index in [1.165, 1.54) is 12.4 Å². The number of ether oxygens (including phenoxy) is 1. The summed E-state index contributed by atoms with van der Waals surface area (Å²) in [5.74, 6) is 0.103. The lowest BCUT2D eigenvalue weighted by atomic mass is 10.4. The largest absolute Gasteiger partial charge is 0.466 e. The highest BCUT2D eigenvalue weighted by atomic mass is 16.5. The van der Waals surface area contributed by atoms with Gasteiger partial charge < -0.3 is 10.1 Å². The molecule has 0 aliphatic rings. The predicted molar refractivity (Wildman–Crippen MR) is 56.5 cm³/mol. The van der Waals surface area contributed by atoms with Crippen LogP contribution in [0.15, 0.2) is 12.4 Å². The molecule has 0 atom stereocenters. The van der Waals surface area contributed by atoms with Gasteiger partial charge in [0.1, 0.15) is 6.07 Å². The van der Waals surface area contributed by atoms with Crippen molar-refractivity contribution in [1.82, 2.24) is 9.97 Å². The van der Waals surface area contributed by atoms with Gasteiger partial charge in [0, 0.05) is 18.9 Å². The molecule has 0 radical (unpaired) electrons. The summed E-state index contributed by atoms with van der Waals surface area (Å²) < 4.78 is 4.76. The van der Waals surface area contributed by atoms with Crippen molar-refractivity contribution in [3.8, 4) is 6.07 Å². The Kier molecular flexibility index (Phi) is 4.73. The number of nitrogens with zero attached hydrogens (tertiary/aromatic N) is 3. The topological polar surface area (TPSA) is 87.9 Å². The number of nitriles is 1. The van der Waals surface area contributed by atoms with E-state index in [0.29, 0.717) is 19.0 Å². The third-order valence-electron chi connectivity index (χ3n) is 1.73. The van der Waals surface area contributed by atoms with E-state index in [9.17, 15) is 4.79 Å². The van der Waals surface area contributed by atoms with Crippen LogP contribution in [0.3, 0.4) is 0 Å². The maximum absolute atomic E-state index is 11.0. The molecule has 1 rings (SSSR count). The molecule has 84 valence electrons. The van der Waals surface area contributed by atoms with Crippen molar-refractivity contribution < 1.29 is 9.53 Å². The highest BCUT2D eigenvalue weighted by Gasteiger charge is 2.05. The first kappa shape index (κ1) is 11.9. The number of anilines is 1. The maximum atomic E-state index is 11.0. The first-order chi connectivity index (χ1) is 7.77. The lowest BCUT2D eigenvalue weighted by molar-refractivity contribution is -0.142. The molecule has 1 aromatic rings. The van der Waals surface area contributed by atoms with E-state index in [1.807, 2.05) is 6.07 Å². The molecule has 6 heteroatoms. The van der Waals surface area contributed by atoms with Crippen LogP contribution in [0.1, 0.15) is 19.0 Å². The summed E-state index contributed by atoms with van der Waals surface area (Å²) in [7, 11) is 0. The van der Waals surface area contributed by atoms with Crippen LogP contribution in [-0.2, 0) is 9.53 Å². The van der Waals surface area contributed by atoms with Crippen molar-refractivity contribution in [3.63, 3.8) is 0 Å². The number of carbonyl (C=O) groups is 1. The van der Waals surface area contributed by atoms with Crippen LogP contribution in [0, 0.1) is 11.3 Å². The van der Waals surface area contributed by atoms with Gasteiger partial charge in [0.25, 0.3) is 0 Å². The lowest BCUT2D eigenvalue weighted by Gasteiger charge is -2.05. The van der Waals surface area contributed by atoms with Crippen LogP contribution in [0.4, 0.5) is 5.82 Å². The van der Waals surface area contributed by atoms with Crippen LogP contribution < -0.4 is 5.32 Å². The quantitative estimate of drug-likeness (QED) is 0.735. The number of carbonyl (C=O) groups excluding carboxylic acids is 1. The van der Waals surface area contributed by atoms with Gasteiger partial charge in [0.15, 0.2) is 11.5 Å². The van der Waals surface area contributed by atoms with Crippen LogP contribution in [0.2, 0.25) is 0 Å². The van der Waals surface area contributed by atoms with Gasteiger partial charge in [-0.3, -0.25) is 4.79 Å². The molecule has 0 amide bonds. The van der Waals surface area contributed by atoms with Crippen LogP contribution in [-0.4, -0.2) is 29.1 Å². The minimum atomic E-state index is -0.280. The summed E-state index contributed by atoms with van der Waals surface area (Å²) in [5, 5.41) is 11.6. The molecule has 0 bridgehead atoms. The first-order valence-corrected chi connectivity index (χ1v) is 4.88. The highest BCUT2D eigenvalue weighted by Crippen LogP contribution is 2.05. The molecule has 1 aromatic heterocycles. The van der Waals surface area contributed by atoms with Crippen LogP contribution >= 0.6 is 0 Å². The molecule has 0 aliphatic carbocycles. The number of esters is 1. The summed E-state index contributed by atoms with van der Waals surface area (Å²) in [5.41, 5.74) is 0.214. The molecule has 0 spiro atoms. The van der Waals surface area contributed by atoms with Crippen molar-refractivity contribution >= 4 is 11.8 Å². The standard InChI is InChI=1S/C10H12N4O2/c1-2-16-9(15)3-4-13-10-8(7-11)12-5-6-14-10/h5-6H,2-4H2,1H3,(H,13,14). The van der Waals surface area contributed by atoms with E-state index in [1.54, 1.807) is 6.92 Å². The molecule has 1 N–H and O–H groups in total. The molecular weight excluding hydrogens is 208 g/mol. The average Bonchev–Trinajstić information content (AvgIpc) is 2.30. The number of hydrogen-bond donors (Lipinski definition) is 1. The number of aromatic nitrogens is 2. The first-order valence-electron chi connectivity index (χ1n) is 4.88. The fourth-order valence-corrected chi connectivity index (χ4v) is 1.07. The van der Waals surface area contributed by atoms with Gasteiger partial charge in [-0.05, 0) is 6.92 Å². The van der Waals surface area contributed by atoms with Crippen LogP contribution in [0.5, 0.6) is 0 Å². The van der Waals surface area contributed by atoms with Crippen molar-refractivity contribution in [2.75, 3.05) is 18.5 Å². The van der Waals surface area contributed by atoms with Crippen molar-refractivity contribution in [2.45, 2.75) is 13.3 Å². The molecular formula is C10H12N4O2. The number of hydrogen-bond acceptors (Lipinski definition) is 6. The summed E-state index contributed by atoms with van der Waals surface area (Å²) in [6.07, 6.45) is 3.15. The second kappa shape index (κ2) is 6.35. The smallest absolute Gasteiger partial charge is 0.307 e. The molecule has 6 nitrogen and oxygen atoms in total. The Morgan fingerprint density at radius 3 is 3.00 bits per heavy atom. The van der Waals surface area contributed by atoms with E-state index < -0.39 is 0 Å². The zero-order valence-electron chi connectivity index (χ0n) is 8.93. The van der Waals surface area contributed by atoms with Gasteiger partial charge in [-0.1, -0.05) is 0 Å². The zero-order chi connectivity index (χ0) is 11.8. The van der Waals surface area contributed by atoms with Crippen LogP contribution in [0.25, 0.3) is 0 Å². The Labute approximate surface area is 93.3 Å². The van der Waals surface area contributed by atoms with E-state index in [-0.39, 0.29) is 18.1 Å². The summed E-state index contributed by atoms with van der Waals surface area (Å²) in [6, 6.07) is 1.91. The summed E-state index contributed by atoms with van der Waals surface area (Å²) >= 11 is 0. The minimum absolute atomic E-state index is 0.214. The van der Waals surface area contributed by atoms with Gasteiger partial charge in [0.05, 0.1) is 13.0 Å². The highest BCUT2D eigenvalue weighted by molar-refractivity contribution is 5.70. The SMILES string of the molecule is CCOC(=O)CCNc1nccnc1C#N. The molecule has 0 aromatic carbocycles. The monoisotopic (exact) mass is 220 g/mol. The Morgan fingerprint density at radius 1 is 1.56 bits per heavy atom. The molecule has 16 heavy (non-hydrogen) atoms. The summed E-state index contributed by atoms with van der Waals surface area (Å²) in [6.45, 7) is 2.49. The van der Waals surface area contributed by atoms with E-state index in [4.69, 9.17) is 10.00 Å². The Bertz CT molecular complexity index is 400. The second-order valence-electron chi connectivity index (χ2n) is 2.85. The molecule has 0 saturated carbocycles. The van der Waals surface area contributed by atoms with Gasteiger partial charge in [-0.2, -0.15) is 5.26 Å². The number of rotatable bonds is 5. The fraction of sp³-hybridized carbons (Fsp3) is 0.400. The van der Waals surface area contributed by atoms with Gasteiger partial charge in [0.2, 0.25) is 0 Å². The Morgan fingerprint density at radius 2 is 2.31 bits per heavy atom. The Balaban J connectivity index is 2.43. The van der Waals surface area contributed by atoms with Gasteiger partial charge in [-0.15, -0.1) is 0 Å². The summed E-state index contributed by atoms with van der Waals surface area (Å²) in [4.78, 5) is 18.8. The number of nitrogens with one attached hydrogen (secondary N) is 1. The third kappa shape index (κ3) is 3.53. The Hall–Kier alpha value is -2.16. The zero-order valence-corrected chi connectivity index (χ0v) is 8.93. The third-order valence-corrected chi connectivity index (χ3v) is 1.73. The minimum Gasteiger partial charge on any atom is -0.466 e. The lowest BCUT2D eigenvalue weighted by Crippen LogP contribution is -2.12. The molecule has 0 fully saturated rings. The van der Waals surface area contributed by atoms with E-state index >= 15 is 0 Å². The van der Waals surface area contributed by atoms with Gasteiger partial charge >= 0.3 is 5.97 Å². The maximum Gasteiger partial charge on any atom is 0.307 e. The van der Waals surface area contributed by atoms with Gasteiger partial charge in [-0.25, -0.2) is 9.97 Å². The van der Waals surface area contributed by atoms with Crippen molar-refractivity contribution in [2.24, 2.45) is 0 Å². The average molecular weight is 220 g/mol.